The van der Waals surface area contributed by atoms with E-state index in [0.29, 0.717) is 19.0 Å². The molecule has 1 aromatic carbocycles. The molecule has 1 fully saturated rings. The summed E-state index contributed by atoms with van der Waals surface area (Å²) >= 11 is 0. The predicted molar refractivity (Wildman–Crippen MR) is 110 cm³/mol. The number of rotatable bonds is 6. The Bertz CT molecular complexity index is 1010. The minimum Gasteiger partial charge on any atom is -0.497 e. The van der Waals surface area contributed by atoms with Crippen molar-refractivity contribution in [1.82, 2.24) is 20.1 Å². The highest BCUT2D eigenvalue weighted by Crippen LogP contribution is 2.29. The zero-order valence-corrected chi connectivity index (χ0v) is 17.1. The van der Waals surface area contributed by atoms with E-state index in [1.165, 1.54) is 0 Å². The fourth-order valence-corrected chi connectivity index (χ4v) is 3.91. The maximum Gasteiger partial charge on any atom is 0.298 e. The lowest BCUT2D eigenvalue weighted by molar-refractivity contribution is -0.122. The van der Waals surface area contributed by atoms with Crippen LogP contribution in [0.5, 0.6) is 5.75 Å². The molecule has 29 heavy (non-hydrogen) atoms. The molecule has 0 aliphatic carbocycles. The molecule has 1 N–H and O–H groups in total. The highest BCUT2D eigenvalue weighted by Gasteiger charge is 2.25. The van der Waals surface area contributed by atoms with Gasteiger partial charge in [0, 0.05) is 50.9 Å². The van der Waals surface area contributed by atoms with E-state index in [0.717, 1.165) is 54.0 Å². The molecule has 4 rings (SSSR count). The van der Waals surface area contributed by atoms with E-state index in [1.54, 1.807) is 11.8 Å². The number of fused-ring (bicyclic) bond motifs is 1. The first-order chi connectivity index (χ1) is 14.0. The van der Waals surface area contributed by atoms with E-state index < -0.39 is 0 Å². The normalized spacial score (nSPS) is 16.9. The molecule has 3 aromatic rings. The monoisotopic (exact) mass is 397 g/mol. The van der Waals surface area contributed by atoms with Crippen LogP contribution < -0.4 is 15.0 Å². The summed E-state index contributed by atoms with van der Waals surface area (Å²) in [5.74, 6) is 1.11. The summed E-state index contributed by atoms with van der Waals surface area (Å²) in [6, 6.07) is 6.23. The van der Waals surface area contributed by atoms with E-state index in [-0.39, 0.29) is 11.8 Å². The lowest BCUT2D eigenvalue weighted by Crippen LogP contribution is -2.38. The van der Waals surface area contributed by atoms with Crippen LogP contribution in [0.15, 0.2) is 28.8 Å². The SMILES string of the molecule is COc1ccc2oc(N3CCCC(CC(=O)NCc4cn(C)nc4C)C3)nc2c1. The second kappa shape index (κ2) is 8.14. The van der Waals surface area contributed by atoms with Crippen LogP contribution in [0.25, 0.3) is 11.1 Å². The van der Waals surface area contributed by atoms with Gasteiger partial charge < -0.3 is 19.4 Å². The van der Waals surface area contributed by atoms with Crippen LogP contribution in [0.1, 0.15) is 30.5 Å². The maximum absolute atomic E-state index is 12.4. The molecule has 8 nitrogen and oxygen atoms in total. The lowest BCUT2D eigenvalue weighted by atomic mass is 9.94. The molecular weight excluding hydrogens is 370 g/mol. The van der Waals surface area contributed by atoms with Gasteiger partial charge in [0.25, 0.3) is 6.01 Å². The zero-order valence-electron chi connectivity index (χ0n) is 17.1. The summed E-state index contributed by atoms with van der Waals surface area (Å²) in [7, 11) is 3.52. The summed E-state index contributed by atoms with van der Waals surface area (Å²) in [6.07, 6.45) is 4.50. The van der Waals surface area contributed by atoms with Gasteiger partial charge in [-0.3, -0.25) is 9.48 Å². The van der Waals surface area contributed by atoms with Crippen molar-refractivity contribution >= 4 is 23.0 Å². The van der Waals surface area contributed by atoms with Crippen molar-refractivity contribution in [2.75, 3.05) is 25.1 Å². The van der Waals surface area contributed by atoms with E-state index in [9.17, 15) is 4.79 Å². The molecule has 1 aliphatic rings. The maximum atomic E-state index is 12.4. The van der Waals surface area contributed by atoms with E-state index in [4.69, 9.17) is 9.15 Å². The van der Waals surface area contributed by atoms with Crippen molar-refractivity contribution in [3.8, 4) is 5.75 Å². The molecule has 1 amide bonds. The van der Waals surface area contributed by atoms with Crippen LogP contribution in [-0.2, 0) is 18.4 Å². The number of nitrogens with one attached hydrogen (secondary N) is 1. The molecule has 0 bridgehead atoms. The fraction of sp³-hybridized carbons (Fsp3) is 0.476. The smallest absolute Gasteiger partial charge is 0.298 e. The van der Waals surface area contributed by atoms with Gasteiger partial charge in [0.15, 0.2) is 5.58 Å². The highest BCUT2D eigenvalue weighted by atomic mass is 16.5. The molecule has 0 spiro atoms. The third kappa shape index (κ3) is 4.36. The van der Waals surface area contributed by atoms with Gasteiger partial charge in [-0.05, 0) is 37.8 Å². The molecular formula is C21H27N5O3. The van der Waals surface area contributed by atoms with Gasteiger partial charge in [0.2, 0.25) is 5.91 Å². The minimum absolute atomic E-state index is 0.0717. The topological polar surface area (TPSA) is 85.4 Å². The first-order valence-electron chi connectivity index (χ1n) is 9.97. The molecule has 0 radical (unpaired) electrons. The number of anilines is 1. The Morgan fingerprint density at radius 3 is 3.03 bits per heavy atom. The number of piperidine rings is 1. The summed E-state index contributed by atoms with van der Waals surface area (Å²) in [5, 5.41) is 7.34. The van der Waals surface area contributed by atoms with Crippen LogP contribution in [0.2, 0.25) is 0 Å². The number of methoxy groups -OCH3 is 1. The Labute approximate surface area is 169 Å². The number of aryl methyl sites for hydroxylation is 2. The van der Waals surface area contributed by atoms with Gasteiger partial charge in [0.1, 0.15) is 11.3 Å². The van der Waals surface area contributed by atoms with Crippen LogP contribution in [0.4, 0.5) is 6.01 Å². The van der Waals surface area contributed by atoms with Crippen LogP contribution in [0, 0.1) is 12.8 Å². The van der Waals surface area contributed by atoms with Crippen molar-refractivity contribution in [2.24, 2.45) is 13.0 Å². The molecule has 3 heterocycles. The number of amides is 1. The summed E-state index contributed by atoms with van der Waals surface area (Å²) < 4.78 is 13.0. The van der Waals surface area contributed by atoms with Crippen molar-refractivity contribution in [3.63, 3.8) is 0 Å². The number of nitrogens with zero attached hydrogens (tertiary/aromatic N) is 4. The summed E-state index contributed by atoms with van der Waals surface area (Å²) in [6.45, 7) is 4.12. The number of aromatic nitrogens is 3. The number of carbonyl (C=O) groups excluding carboxylic acids is 1. The Balaban J connectivity index is 1.35. The van der Waals surface area contributed by atoms with Crippen LogP contribution in [0.3, 0.4) is 0 Å². The molecule has 1 aliphatic heterocycles. The minimum atomic E-state index is 0.0717. The van der Waals surface area contributed by atoms with Crippen molar-refractivity contribution in [1.29, 1.82) is 0 Å². The average Bonchev–Trinajstić information content (AvgIpc) is 3.28. The second-order valence-corrected chi connectivity index (χ2v) is 7.68. The van der Waals surface area contributed by atoms with Crippen molar-refractivity contribution in [3.05, 3.63) is 35.7 Å². The second-order valence-electron chi connectivity index (χ2n) is 7.68. The van der Waals surface area contributed by atoms with Crippen LogP contribution in [-0.4, -0.2) is 40.9 Å². The van der Waals surface area contributed by atoms with Gasteiger partial charge in [-0.1, -0.05) is 0 Å². The molecule has 154 valence electrons. The van der Waals surface area contributed by atoms with Crippen LogP contribution >= 0.6 is 0 Å². The van der Waals surface area contributed by atoms with Gasteiger partial charge in [-0.15, -0.1) is 0 Å². The lowest BCUT2D eigenvalue weighted by Gasteiger charge is -2.31. The highest BCUT2D eigenvalue weighted by molar-refractivity contribution is 5.77. The molecule has 0 saturated carbocycles. The Hall–Kier alpha value is -3.03. The number of carbonyl (C=O) groups is 1. The third-order valence-electron chi connectivity index (χ3n) is 5.44. The van der Waals surface area contributed by atoms with Gasteiger partial charge >= 0.3 is 0 Å². The summed E-state index contributed by atoms with van der Waals surface area (Å²) in [5.41, 5.74) is 3.52. The fourth-order valence-electron chi connectivity index (χ4n) is 3.91. The number of hydrogen-bond donors (Lipinski definition) is 1. The van der Waals surface area contributed by atoms with E-state index in [2.05, 4.69) is 20.3 Å². The quantitative estimate of drug-likeness (QED) is 0.688. The predicted octanol–water partition coefficient (Wildman–Crippen LogP) is 2.80. The number of hydrogen-bond acceptors (Lipinski definition) is 6. The van der Waals surface area contributed by atoms with Gasteiger partial charge in [-0.25, -0.2) is 0 Å². The van der Waals surface area contributed by atoms with Gasteiger partial charge in [-0.2, -0.15) is 10.1 Å². The molecule has 1 atom stereocenters. The Kier molecular flexibility index (Phi) is 5.42. The molecule has 1 saturated heterocycles. The number of benzene rings is 1. The van der Waals surface area contributed by atoms with Crippen molar-refractivity contribution in [2.45, 2.75) is 32.7 Å². The zero-order chi connectivity index (χ0) is 20.4. The number of oxazole rings is 1. The number of ether oxygens (including phenoxy) is 1. The standard InChI is InChI=1S/C21H27N5O3/c1-14-16(13-25(2)24-14)11-22-20(27)9-15-5-4-8-26(12-15)21-23-18-10-17(28-3)6-7-19(18)29-21/h6-7,10,13,15H,4-5,8-9,11-12H2,1-3H3,(H,22,27). The average molecular weight is 397 g/mol. The van der Waals surface area contributed by atoms with Gasteiger partial charge in [0.05, 0.1) is 12.8 Å². The van der Waals surface area contributed by atoms with E-state index in [1.807, 2.05) is 38.4 Å². The first kappa shape index (κ1) is 19.3. The first-order valence-corrected chi connectivity index (χ1v) is 9.97. The summed E-state index contributed by atoms with van der Waals surface area (Å²) in [4.78, 5) is 19.2. The molecule has 8 heteroatoms. The van der Waals surface area contributed by atoms with E-state index >= 15 is 0 Å². The third-order valence-corrected chi connectivity index (χ3v) is 5.44. The Morgan fingerprint density at radius 2 is 2.28 bits per heavy atom. The molecule has 2 aromatic heterocycles. The van der Waals surface area contributed by atoms with Crippen molar-refractivity contribution < 1.29 is 13.9 Å². The largest absolute Gasteiger partial charge is 0.497 e. The molecule has 1 unspecified atom stereocenters. The Morgan fingerprint density at radius 1 is 1.41 bits per heavy atom.